The molecule has 5 rings (SSSR count). The predicted molar refractivity (Wildman–Crippen MR) is 152 cm³/mol. The van der Waals surface area contributed by atoms with Gasteiger partial charge in [-0.25, -0.2) is 4.79 Å². The Kier molecular flexibility index (Phi) is 7.81. The van der Waals surface area contributed by atoms with Gasteiger partial charge in [-0.2, -0.15) is 0 Å². The van der Waals surface area contributed by atoms with Crippen LogP contribution in [0.4, 0.5) is 0 Å². The molecule has 9 nitrogen and oxygen atoms in total. The Hall–Kier alpha value is -4.62. The standard InChI is InChI=1S/C32H30N2O7/c1-4-20-19-34(31(38)33-30(20)37)27-18-24(35)28(41-27)29(36)32(21-12-6-5-7-13-21,22-14-8-10-16-25(22)39-2)23-15-9-11-17-26(23)40-3/h1,5-17,19,24,27-29,35-36H,18H2,2-3H3,(H,33,37,38)/t24-,27+,28-,29?/m0/s1. The second-order valence-corrected chi connectivity index (χ2v) is 9.73. The summed E-state index contributed by atoms with van der Waals surface area (Å²) >= 11 is 0. The molecule has 0 spiro atoms. The van der Waals surface area contributed by atoms with Crippen molar-refractivity contribution in [1.29, 1.82) is 0 Å². The van der Waals surface area contributed by atoms with Crippen LogP contribution in [0, 0.1) is 12.3 Å². The van der Waals surface area contributed by atoms with Crippen LogP contribution in [-0.2, 0) is 10.2 Å². The summed E-state index contributed by atoms with van der Waals surface area (Å²) < 4.78 is 19.0. The van der Waals surface area contributed by atoms with Crippen molar-refractivity contribution in [3.05, 3.63) is 128 Å². The van der Waals surface area contributed by atoms with E-state index in [0.29, 0.717) is 28.2 Å². The summed E-state index contributed by atoms with van der Waals surface area (Å²) in [5, 5.41) is 23.9. The van der Waals surface area contributed by atoms with Crippen LogP contribution in [-0.4, -0.2) is 52.3 Å². The summed E-state index contributed by atoms with van der Waals surface area (Å²) in [5.74, 6) is 3.25. The third-order valence-corrected chi connectivity index (χ3v) is 7.62. The van der Waals surface area contributed by atoms with Gasteiger partial charge < -0.3 is 24.4 Å². The van der Waals surface area contributed by atoms with Gasteiger partial charge in [0.05, 0.1) is 25.7 Å². The Labute approximate surface area is 236 Å². The van der Waals surface area contributed by atoms with E-state index >= 15 is 0 Å². The van der Waals surface area contributed by atoms with Crippen molar-refractivity contribution in [1.82, 2.24) is 9.55 Å². The molecule has 0 aliphatic carbocycles. The maximum Gasteiger partial charge on any atom is 0.330 e. The van der Waals surface area contributed by atoms with Crippen LogP contribution in [0.2, 0.25) is 0 Å². The van der Waals surface area contributed by atoms with Crippen LogP contribution < -0.4 is 20.7 Å². The summed E-state index contributed by atoms with van der Waals surface area (Å²) in [6.07, 6.45) is 1.79. The number of terminal acetylenes is 1. The highest BCUT2D eigenvalue weighted by Crippen LogP contribution is 2.51. The minimum Gasteiger partial charge on any atom is -0.496 e. The number of aromatic amines is 1. The van der Waals surface area contributed by atoms with Crippen LogP contribution in [0.1, 0.15) is 34.9 Å². The highest BCUT2D eigenvalue weighted by Gasteiger charge is 2.54. The SMILES string of the molecule is C#Cc1cn([C@H]2C[C@H](O)[C@@H](C(O)C(c3ccccc3)(c3ccccc3OC)c3ccccc3OC)O2)c(=O)[nH]c1=O. The fraction of sp³-hybridized carbons (Fsp3) is 0.250. The van der Waals surface area contributed by atoms with Crippen molar-refractivity contribution in [3.63, 3.8) is 0 Å². The number of nitrogens with zero attached hydrogens (tertiary/aromatic N) is 1. The van der Waals surface area contributed by atoms with E-state index in [2.05, 4.69) is 10.9 Å². The third kappa shape index (κ3) is 4.72. The van der Waals surface area contributed by atoms with Gasteiger partial charge in [-0.05, 0) is 17.7 Å². The van der Waals surface area contributed by atoms with Gasteiger partial charge in [0.25, 0.3) is 5.56 Å². The van der Waals surface area contributed by atoms with Gasteiger partial charge in [0.1, 0.15) is 35.5 Å². The molecule has 1 unspecified atom stereocenters. The maximum atomic E-state index is 12.7. The molecule has 9 heteroatoms. The molecule has 1 fully saturated rings. The predicted octanol–water partition coefficient (Wildman–Crippen LogP) is 2.58. The molecule has 41 heavy (non-hydrogen) atoms. The van der Waals surface area contributed by atoms with Gasteiger partial charge >= 0.3 is 5.69 Å². The van der Waals surface area contributed by atoms with E-state index in [1.807, 2.05) is 66.7 Å². The molecule has 0 saturated carbocycles. The first-order chi connectivity index (χ1) is 19.9. The number of aliphatic hydroxyl groups excluding tert-OH is 2. The Bertz CT molecular complexity index is 1640. The molecule has 0 bridgehead atoms. The molecule has 1 aliphatic rings. The first-order valence-electron chi connectivity index (χ1n) is 13.0. The number of nitrogens with one attached hydrogen (secondary N) is 1. The Balaban J connectivity index is 1.74. The molecule has 4 atom stereocenters. The lowest BCUT2D eigenvalue weighted by atomic mass is 9.63. The first kappa shape index (κ1) is 27.9. The van der Waals surface area contributed by atoms with Crippen molar-refractivity contribution in [2.45, 2.75) is 36.4 Å². The van der Waals surface area contributed by atoms with Crippen molar-refractivity contribution in [2.24, 2.45) is 0 Å². The van der Waals surface area contributed by atoms with Gasteiger partial charge in [0, 0.05) is 23.7 Å². The largest absolute Gasteiger partial charge is 0.496 e. The summed E-state index contributed by atoms with van der Waals surface area (Å²) in [5.41, 5.74) is -0.961. The molecule has 0 amide bonds. The number of hydrogen-bond acceptors (Lipinski definition) is 7. The molecule has 3 N–H and O–H groups in total. The number of methoxy groups -OCH3 is 2. The number of rotatable bonds is 8. The van der Waals surface area contributed by atoms with Gasteiger partial charge in [-0.15, -0.1) is 6.42 Å². The molecule has 1 aliphatic heterocycles. The molecule has 1 aromatic heterocycles. The lowest BCUT2D eigenvalue weighted by Crippen LogP contribution is -2.51. The number of aromatic nitrogens is 2. The minimum atomic E-state index is -1.43. The number of benzene rings is 3. The fourth-order valence-electron chi connectivity index (χ4n) is 5.77. The Morgan fingerprint density at radius 1 is 0.976 bits per heavy atom. The Morgan fingerprint density at radius 3 is 2.10 bits per heavy atom. The maximum absolute atomic E-state index is 12.7. The lowest BCUT2D eigenvalue weighted by molar-refractivity contribution is -0.0980. The zero-order valence-corrected chi connectivity index (χ0v) is 22.6. The molecule has 1 saturated heterocycles. The van der Waals surface area contributed by atoms with Crippen molar-refractivity contribution >= 4 is 0 Å². The summed E-state index contributed by atoms with van der Waals surface area (Å²) in [6, 6.07) is 24.0. The van der Waals surface area contributed by atoms with Crippen LogP contribution in [0.3, 0.4) is 0 Å². The molecule has 0 radical (unpaired) electrons. The lowest BCUT2D eigenvalue weighted by Gasteiger charge is -2.43. The highest BCUT2D eigenvalue weighted by molar-refractivity contribution is 5.60. The van der Waals surface area contributed by atoms with Gasteiger partial charge in [-0.1, -0.05) is 72.7 Å². The van der Waals surface area contributed by atoms with Gasteiger partial charge in [-0.3, -0.25) is 14.3 Å². The topological polar surface area (TPSA) is 123 Å². The number of hydrogen-bond donors (Lipinski definition) is 3. The molecular formula is C32H30N2O7. The first-order valence-corrected chi connectivity index (χ1v) is 13.0. The quantitative estimate of drug-likeness (QED) is 0.226. The number of para-hydroxylation sites is 2. The third-order valence-electron chi connectivity index (χ3n) is 7.62. The second kappa shape index (κ2) is 11.5. The van der Waals surface area contributed by atoms with Crippen molar-refractivity contribution < 1.29 is 24.4 Å². The van der Waals surface area contributed by atoms with E-state index in [4.69, 9.17) is 20.6 Å². The second-order valence-electron chi connectivity index (χ2n) is 9.73. The highest BCUT2D eigenvalue weighted by atomic mass is 16.5. The van der Waals surface area contributed by atoms with Crippen LogP contribution in [0.15, 0.2) is 94.6 Å². The molecule has 3 aromatic carbocycles. The molecule has 210 valence electrons. The fourth-order valence-corrected chi connectivity index (χ4v) is 5.77. The number of aliphatic hydroxyl groups is 2. The average Bonchev–Trinajstić information content (AvgIpc) is 3.39. The smallest absolute Gasteiger partial charge is 0.330 e. The van der Waals surface area contributed by atoms with E-state index in [-0.39, 0.29) is 12.0 Å². The average molecular weight is 555 g/mol. The number of ether oxygens (including phenoxy) is 3. The van der Waals surface area contributed by atoms with E-state index < -0.39 is 41.2 Å². The monoisotopic (exact) mass is 554 g/mol. The van der Waals surface area contributed by atoms with Crippen molar-refractivity contribution in [3.8, 4) is 23.8 Å². The molecule has 2 heterocycles. The van der Waals surface area contributed by atoms with Crippen LogP contribution in [0.5, 0.6) is 11.5 Å². The van der Waals surface area contributed by atoms with Crippen molar-refractivity contribution in [2.75, 3.05) is 14.2 Å². The van der Waals surface area contributed by atoms with Gasteiger partial charge in [0.2, 0.25) is 0 Å². The van der Waals surface area contributed by atoms with E-state index in [1.54, 1.807) is 26.4 Å². The molecule has 4 aromatic rings. The Morgan fingerprint density at radius 2 is 1.54 bits per heavy atom. The van der Waals surface area contributed by atoms with Gasteiger partial charge in [0.15, 0.2) is 0 Å². The van der Waals surface area contributed by atoms with E-state index in [9.17, 15) is 19.8 Å². The number of H-pyrrole nitrogens is 1. The molecular weight excluding hydrogens is 524 g/mol. The zero-order chi connectivity index (χ0) is 29.1. The van der Waals surface area contributed by atoms with E-state index in [0.717, 1.165) is 4.57 Å². The zero-order valence-electron chi connectivity index (χ0n) is 22.6. The summed E-state index contributed by atoms with van der Waals surface area (Å²) in [7, 11) is 3.09. The van der Waals surface area contributed by atoms with Crippen LogP contribution >= 0.6 is 0 Å². The minimum absolute atomic E-state index is 0.0413. The normalized spacial score (nSPS) is 19.3. The van der Waals surface area contributed by atoms with E-state index in [1.165, 1.54) is 6.20 Å². The summed E-state index contributed by atoms with van der Waals surface area (Å²) in [4.78, 5) is 26.9. The van der Waals surface area contributed by atoms with Crippen LogP contribution in [0.25, 0.3) is 0 Å². The summed E-state index contributed by atoms with van der Waals surface area (Å²) in [6.45, 7) is 0.